The minimum Gasteiger partial charge on any atom is -0.480 e. The van der Waals surface area contributed by atoms with E-state index >= 15 is 0 Å². The summed E-state index contributed by atoms with van der Waals surface area (Å²) in [6.07, 6.45) is 2.82. The Hall–Kier alpha value is -1.75. The van der Waals surface area contributed by atoms with Crippen LogP contribution in [-0.2, 0) is 4.79 Å². The quantitative estimate of drug-likeness (QED) is 0.577. The fourth-order valence-electron chi connectivity index (χ4n) is 1.34. The number of nitrogens with two attached hydrogens (primary N) is 1. The third-order valence-electron chi connectivity index (χ3n) is 2.56. The number of carboxylic acids is 1. The van der Waals surface area contributed by atoms with E-state index in [1.807, 2.05) is 0 Å². The van der Waals surface area contributed by atoms with Crippen molar-refractivity contribution in [3.63, 3.8) is 0 Å². The van der Waals surface area contributed by atoms with E-state index in [4.69, 9.17) is 10.8 Å². The number of hydrogen-bond acceptors (Lipinski definition) is 4. The summed E-state index contributed by atoms with van der Waals surface area (Å²) in [7, 11) is 0. The molecule has 0 aliphatic heterocycles. The van der Waals surface area contributed by atoms with Gasteiger partial charge in [0.1, 0.15) is 0 Å². The lowest BCUT2D eigenvalue weighted by molar-refractivity contribution is -0.142. The van der Waals surface area contributed by atoms with Gasteiger partial charge in [-0.25, -0.2) is 4.79 Å². The van der Waals surface area contributed by atoms with E-state index in [0.717, 1.165) is 0 Å². The number of aliphatic carboxylic acids is 1. The van der Waals surface area contributed by atoms with E-state index in [1.54, 1.807) is 19.9 Å². The van der Waals surface area contributed by atoms with Crippen molar-refractivity contribution in [3.8, 4) is 0 Å². The summed E-state index contributed by atoms with van der Waals surface area (Å²) in [5.74, 6) is -2.45. The maximum Gasteiger partial charge on any atom is 0.332 e. The second-order valence-corrected chi connectivity index (χ2v) is 3.90. The molecule has 0 fully saturated rings. The summed E-state index contributed by atoms with van der Waals surface area (Å²) in [6, 6.07) is 3.07. The molecule has 5 nitrogen and oxygen atoms in total. The Kier molecular flexibility index (Phi) is 3.39. The van der Waals surface area contributed by atoms with Gasteiger partial charge in [-0.15, -0.1) is 0 Å². The van der Waals surface area contributed by atoms with Crippen LogP contribution in [0.3, 0.4) is 0 Å². The van der Waals surface area contributed by atoms with Crippen molar-refractivity contribution < 1.29 is 14.7 Å². The maximum absolute atomic E-state index is 12.0. The predicted molar refractivity (Wildman–Crippen MR) is 58.0 cm³/mol. The molecular weight excluding hydrogens is 208 g/mol. The standard InChI is InChI=1S/C11H14N2O3/c1-7(2)11(12,10(15)16)9(14)8-4-3-5-13-6-8/h3-7H,12H2,1-2H3,(H,15,16). The molecule has 86 valence electrons. The number of pyridine rings is 1. The normalized spacial score (nSPS) is 14.5. The third-order valence-corrected chi connectivity index (χ3v) is 2.56. The van der Waals surface area contributed by atoms with Crippen molar-refractivity contribution in [2.45, 2.75) is 19.4 Å². The Bertz CT molecular complexity index is 403. The minimum absolute atomic E-state index is 0.209. The van der Waals surface area contributed by atoms with Crippen molar-refractivity contribution >= 4 is 11.8 Å². The van der Waals surface area contributed by atoms with E-state index in [1.165, 1.54) is 18.5 Å². The number of carbonyl (C=O) groups is 2. The highest BCUT2D eigenvalue weighted by molar-refractivity contribution is 6.15. The van der Waals surface area contributed by atoms with Crippen molar-refractivity contribution in [1.82, 2.24) is 4.98 Å². The first-order valence-corrected chi connectivity index (χ1v) is 4.87. The molecule has 0 saturated carbocycles. The van der Waals surface area contributed by atoms with Crippen LogP contribution in [0.5, 0.6) is 0 Å². The van der Waals surface area contributed by atoms with Gasteiger partial charge in [-0.05, 0) is 18.1 Å². The van der Waals surface area contributed by atoms with Gasteiger partial charge < -0.3 is 10.8 Å². The van der Waals surface area contributed by atoms with Gasteiger partial charge in [0.25, 0.3) is 0 Å². The second-order valence-electron chi connectivity index (χ2n) is 3.90. The van der Waals surface area contributed by atoms with Gasteiger partial charge >= 0.3 is 5.97 Å². The summed E-state index contributed by atoms with van der Waals surface area (Å²) in [6.45, 7) is 3.20. The molecule has 3 N–H and O–H groups in total. The van der Waals surface area contributed by atoms with Gasteiger partial charge in [-0.1, -0.05) is 13.8 Å². The van der Waals surface area contributed by atoms with E-state index in [0.29, 0.717) is 0 Å². The van der Waals surface area contributed by atoms with Crippen LogP contribution >= 0.6 is 0 Å². The maximum atomic E-state index is 12.0. The number of ketones is 1. The molecule has 1 atom stereocenters. The Morgan fingerprint density at radius 2 is 2.12 bits per heavy atom. The van der Waals surface area contributed by atoms with E-state index < -0.39 is 23.2 Å². The number of hydrogen-bond donors (Lipinski definition) is 2. The molecule has 0 bridgehead atoms. The van der Waals surface area contributed by atoms with Gasteiger partial charge in [0.15, 0.2) is 11.3 Å². The molecule has 1 heterocycles. The highest BCUT2D eigenvalue weighted by Gasteiger charge is 2.45. The smallest absolute Gasteiger partial charge is 0.332 e. The van der Waals surface area contributed by atoms with Crippen LogP contribution in [0.2, 0.25) is 0 Å². The summed E-state index contributed by atoms with van der Waals surface area (Å²) in [4.78, 5) is 26.9. The molecule has 1 aromatic heterocycles. The number of rotatable bonds is 4. The minimum atomic E-state index is -1.90. The SMILES string of the molecule is CC(C)C(N)(C(=O)O)C(=O)c1cccnc1. The highest BCUT2D eigenvalue weighted by atomic mass is 16.4. The van der Waals surface area contributed by atoms with E-state index in [2.05, 4.69) is 4.98 Å². The molecule has 0 aliphatic rings. The van der Waals surface area contributed by atoms with Crippen molar-refractivity contribution in [3.05, 3.63) is 30.1 Å². The largest absolute Gasteiger partial charge is 0.480 e. The fourth-order valence-corrected chi connectivity index (χ4v) is 1.34. The third kappa shape index (κ3) is 1.94. The second kappa shape index (κ2) is 4.40. The lowest BCUT2D eigenvalue weighted by atomic mass is 9.81. The van der Waals surface area contributed by atoms with Gasteiger partial charge in [-0.2, -0.15) is 0 Å². The van der Waals surface area contributed by atoms with Crippen LogP contribution < -0.4 is 5.73 Å². The van der Waals surface area contributed by atoms with Crippen LogP contribution in [0.15, 0.2) is 24.5 Å². The lowest BCUT2D eigenvalue weighted by Gasteiger charge is -2.26. The van der Waals surface area contributed by atoms with Crippen LogP contribution in [0.25, 0.3) is 0 Å². The van der Waals surface area contributed by atoms with Crippen molar-refractivity contribution in [1.29, 1.82) is 0 Å². The number of aromatic nitrogens is 1. The van der Waals surface area contributed by atoms with Crippen LogP contribution in [0.1, 0.15) is 24.2 Å². The molecule has 0 aliphatic carbocycles. The number of carboxylic acid groups (broad SMARTS) is 1. The number of Topliss-reactive ketones (excluding diaryl/α,β-unsaturated/α-hetero) is 1. The van der Waals surface area contributed by atoms with Crippen molar-refractivity contribution in [2.75, 3.05) is 0 Å². The van der Waals surface area contributed by atoms with Gasteiger partial charge in [0, 0.05) is 18.0 Å². The Balaban J connectivity index is 3.17. The zero-order chi connectivity index (χ0) is 12.3. The Morgan fingerprint density at radius 1 is 1.50 bits per heavy atom. The zero-order valence-electron chi connectivity index (χ0n) is 9.18. The molecule has 0 saturated heterocycles. The van der Waals surface area contributed by atoms with Gasteiger partial charge in [0.05, 0.1) is 0 Å². The molecule has 0 spiro atoms. The lowest BCUT2D eigenvalue weighted by Crippen LogP contribution is -2.58. The van der Waals surface area contributed by atoms with Crippen LogP contribution in [0, 0.1) is 5.92 Å². The Labute approximate surface area is 93.3 Å². The zero-order valence-corrected chi connectivity index (χ0v) is 9.18. The predicted octanol–water partition coefficient (Wildman–Crippen LogP) is 0.702. The summed E-state index contributed by atoms with van der Waals surface area (Å²) < 4.78 is 0. The van der Waals surface area contributed by atoms with E-state index in [-0.39, 0.29) is 5.56 Å². The monoisotopic (exact) mass is 222 g/mol. The Morgan fingerprint density at radius 3 is 2.50 bits per heavy atom. The first-order chi connectivity index (χ1) is 7.40. The highest BCUT2D eigenvalue weighted by Crippen LogP contribution is 2.20. The van der Waals surface area contributed by atoms with Crippen LogP contribution in [0.4, 0.5) is 0 Å². The first-order valence-electron chi connectivity index (χ1n) is 4.87. The molecule has 1 aromatic rings. The average Bonchev–Trinajstić information content (AvgIpc) is 2.27. The summed E-state index contributed by atoms with van der Waals surface area (Å²) in [5.41, 5.74) is 3.99. The fraction of sp³-hybridized carbons (Fsp3) is 0.364. The van der Waals surface area contributed by atoms with Crippen molar-refractivity contribution in [2.24, 2.45) is 11.7 Å². The molecule has 5 heteroatoms. The topological polar surface area (TPSA) is 93.3 Å². The number of carbonyl (C=O) groups excluding carboxylic acids is 1. The molecule has 1 unspecified atom stereocenters. The average molecular weight is 222 g/mol. The van der Waals surface area contributed by atoms with Gasteiger partial charge in [-0.3, -0.25) is 9.78 Å². The van der Waals surface area contributed by atoms with Crippen LogP contribution in [-0.4, -0.2) is 27.4 Å². The number of nitrogens with zero attached hydrogens (tertiary/aromatic N) is 1. The first kappa shape index (κ1) is 12.3. The summed E-state index contributed by atoms with van der Waals surface area (Å²) >= 11 is 0. The summed E-state index contributed by atoms with van der Waals surface area (Å²) in [5, 5.41) is 9.07. The molecule has 0 amide bonds. The molecule has 0 aromatic carbocycles. The molecule has 16 heavy (non-hydrogen) atoms. The van der Waals surface area contributed by atoms with E-state index in [9.17, 15) is 9.59 Å². The molecular formula is C11H14N2O3. The van der Waals surface area contributed by atoms with Gasteiger partial charge in [0.2, 0.25) is 0 Å². The molecule has 0 radical (unpaired) electrons. The molecule has 1 rings (SSSR count).